The highest BCUT2D eigenvalue weighted by Crippen LogP contribution is 2.43. The van der Waals surface area contributed by atoms with Crippen molar-refractivity contribution < 1.29 is 13.9 Å². The van der Waals surface area contributed by atoms with Gasteiger partial charge in [0.25, 0.3) is 0 Å². The number of aryl methyl sites for hydroxylation is 1. The average Bonchev–Trinajstić information content (AvgIpc) is 3.26. The van der Waals surface area contributed by atoms with Crippen LogP contribution in [-0.2, 0) is 6.42 Å². The largest absolute Gasteiger partial charge is 0.493 e. The summed E-state index contributed by atoms with van der Waals surface area (Å²) in [6.45, 7) is 7.13. The van der Waals surface area contributed by atoms with Gasteiger partial charge in [-0.15, -0.1) is 11.3 Å². The first-order valence-corrected chi connectivity index (χ1v) is 13.6. The average molecular weight is 482 g/mol. The lowest BCUT2D eigenvalue weighted by molar-refractivity contribution is 0.0984. The van der Waals surface area contributed by atoms with Crippen molar-refractivity contribution in [2.24, 2.45) is 0 Å². The van der Waals surface area contributed by atoms with E-state index in [0.717, 1.165) is 70.7 Å². The molecule has 2 aromatic heterocycles. The normalized spacial score (nSPS) is 19.8. The van der Waals surface area contributed by atoms with Gasteiger partial charge in [-0.05, 0) is 61.3 Å². The molecule has 182 valence electrons. The molecule has 0 N–H and O–H groups in total. The summed E-state index contributed by atoms with van der Waals surface area (Å²) in [7, 11) is 0. The number of aromatic nitrogens is 1. The van der Waals surface area contributed by atoms with Crippen LogP contribution in [0, 0.1) is 0 Å². The molecule has 0 radical (unpaired) electrons. The number of Topliss-reactive ketones (excluding diaryl/α,β-unsaturated/α-hetero) is 1. The molecule has 1 aliphatic carbocycles. The van der Waals surface area contributed by atoms with E-state index < -0.39 is 6.17 Å². The Hall–Kier alpha value is -2.27. The number of ketones is 1. The van der Waals surface area contributed by atoms with Crippen LogP contribution in [0.25, 0.3) is 10.2 Å². The number of ether oxygens (including phenoxy) is 1. The Morgan fingerprint density at radius 3 is 2.71 bits per heavy atom. The zero-order valence-electron chi connectivity index (χ0n) is 20.6. The number of hydrogen-bond donors (Lipinski definition) is 0. The van der Waals surface area contributed by atoms with Gasteiger partial charge in [0.2, 0.25) is 0 Å². The molecular formula is C29H36FNO2S. The van der Waals surface area contributed by atoms with Crippen LogP contribution in [0.4, 0.5) is 4.39 Å². The van der Waals surface area contributed by atoms with Gasteiger partial charge in [-0.3, -0.25) is 9.78 Å². The van der Waals surface area contributed by atoms with Crippen LogP contribution in [0.1, 0.15) is 104 Å². The van der Waals surface area contributed by atoms with Gasteiger partial charge in [0.1, 0.15) is 11.9 Å². The molecule has 2 aliphatic rings. The maximum Gasteiger partial charge on any atom is 0.173 e. The SMILES string of the molecule is CCCC(=O)c1sc2c(C3CCCCC3F)ccnc2c1C(C)C.c1ccc2c(c1)CCCO2. The van der Waals surface area contributed by atoms with Gasteiger partial charge < -0.3 is 4.74 Å². The van der Waals surface area contributed by atoms with Gasteiger partial charge in [0.05, 0.1) is 21.7 Å². The van der Waals surface area contributed by atoms with E-state index >= 15 is 0 Å². The van der Waals surface area contributed by atoms with Crippen molar-refractivity contribution >= 4 is 27.3 Å². The number of benzene rings is 1. The van der Waals surface area contributed by atoms with Crippen LogP contribution in [0.15, 0.2) is 36.5 Å². The summed E-state index contributed by atoms with van der Waals surface area (Å²) in [5, 5.41) is 0. The topological polar surface area (TPSA) is 39.2 Å². The molecule has 5 heteroatoms. The number of carbonyl (C=O) groups excluding carboxylic acids is 1. The molecule has 1 saturated carbocycles. The highest BCUT2D eigenvalue weighted by molar-refractivity contribution is 7.21. The van der Waals surface area contributed by atoms with Crippen LogP contribution in [0.5, 0.6) is 5.75 Å². The predicted octanol–water partition coefficient (Wildman–Crippen LogP) is 8.41. The molecule has 1 fully saturated rings. The summed E-state index contributed by atoms with van der Waals surface area (Å²) < 4.78 is 21.0. The molecule has 3 nitrogen and oxygen atoms in total. The van der Waals surface area contributed by atoms with Crippen molar-refractivity contribution in [3.63, 3.8) is 0 Å². The molecule has 0 amide bonds. The van der Waals surface area contributed by atoms with Crippen LogP contribution >= 0.6 is 11.3 Å². The van der Waals surface area contributed by atoms with E-state index in [1.54, 1.807) is 17.5 Å². The van der Waals surface area contributed by atoms with Crippen molar-refractivity contribution in [3.05, 3.63) is 58.1 Å². The molecule has 2 atom stereocenters. The number of alkyl halides is 1. The summed E-state index contributed by atoms with van der Waals surface area (Å²) in [4.78, 5) is 18.0. The number of nitrogens with zero attached hydrogens (tertiary/aromatic N) is 1. The number of fused-ring (bicyclic) bond motifs is 2. The first kappa shape index (κ1) is 24.8. The van der Waals surface area contributed by atoms with E-state index in [-0.39, 0.29) is 17.6 Å². The number of hydrogen-bond acceptors (Lipinski definition) is 4. The molecule has 5 rings (SSSR count). The number of halogens is 1. The Morgan fingerprint density at radius 1 is 1.18 bits per heavy atom. The summed E-state index contributed by atoms with van der Waals surface area (Å²) in [5.41, 5.74) is 4.40. The third kappa shape index (κ3) is 5.35. The van der Waals surface area contributed by atoms with Gasteiger partial charge in [0.15, 0.2) is 5.78 Å². The highest BCUT2D eigenvalue weighted by atomic mass is 32.1. The van der Waals surface area contributed by atoms with Crippen molar-refractivity contribution in [1.82, 2.24) is 4.98 Å². The standard InChI is InChI=1S/C20H26FNOS.C9H10O/c1-4-7-16(23)20-17(12(2)3)18-19(24-20)14(10-11-22-18)13-8-5-6-9-15(13)21;1-2-6-9-8(4-1)5-3-7-10-9/h10-13,15H,4-9H2,1-3H3;1-2,4,6H,3,5,7H2. The lowest BCUT2D eigenvalue weighted by Gasteiger charge is -2.26. The van der Waals surface area contributed by atoms with E-state index in [9.17, 15) is 9.18 Å². The van der Waals surface area contributed by atoms with Crippen molar-refractivity contribution in [2.45, 2.75) is 90.1 Å². The molecule has 2 unspecified atom stereocenters. The maximum atomic E-state index is 14.5. The minimum Gasteiger partial charge on any atom is -0.493 e. The summed E-state index contributed by atoms with van der Waals surface area (Å²) >= 11 is 1.54. The molecular weight excluding hydrogens is 445 g/mol. The van der Waals surface area contributed by atoms with Gasteiger partial charge >= 0.3 is 0 Å². The first-order chi connectivity index (χ1) is 16.5. The lowest BCUT2D eigenvalue weighted by Crippen LogP contribution is -2.18. The Morgan fingerprint density at radius 2 is 1.97 bits per heavy atom. The quantitative estimate of drug-likeness (QED) is 0.343. The molecule has 1 aliphatic heterocycles. The van der Waals surface area contributed by atoms with Gasteiger partial charge in [-0.25, -0.2) is 4.39 Å². The van der Waals surface area contributed by atoms with E-state index in [2.05, 4.69) is 31.0 Å². The Bertz CT molecular complexity index is 1100. The second-order valence-corrected chi connectivity index (χ2v) is 10.7. The van der Waals surface area contributed by atoms with Gasteiger partial charge in [0, 0.05) is 24.1 Å². The van der Waals surface area contributed by atoms with E-state index in [1.165, 1.54) is 12.0 Å². The monoisotopic (exact) mass is 481 g/mol. The predicted molar refractivity (Wildman–Crippen MR) is 139 cm³/mol. The fourth-order valence-corrected chi connectivity index (χ4v) is 6.59. The first-order valence-electron chi connectivity index (χ1n) is 12.8. The third-order valence-corrected chi connectivity index (χ3v) is 8.13. The summed E-state index contributed by atoms with van der Waals surface area (Å²) in [6, 6.07) is 10.2. The van der Waals surface area contributed by atoms with Crippen molar-refractivity contribution in [2.75, 3.05) is 6.61 Å². The smallest absolute Gasteiger partial charge is 0.173 e. The van der Waals surface area contributed by atoms with Crippen LogP contribution < -0.4 is 4.74 Å². The van der Waals surface area contributed by atoms with Crippen molar-refractivity contribution in [1.29, 1.82) is 0 Å². The third-order valence-electron chi connectivity index (χ3n) is 6.85. The Labute approximate surface area is 206 Å². The van der Waals surface area contributed by atoms with E-state index in [0.29, 0.717) is 12.8 Å². The number of para-hydroxylation sites is 1. The van der Waals surface area contributed by atoms with E-state index in [1.807, 2.05) is 25.1 Å². The molecule has 3 aromatic rings. The summed E-state index contributed by atoms with van der Waals surface area (Å²) in [5.74, 6) is 1.48. The van der Waals surface area contributed by atoms with Gasteiger partial charge in [-0.2, -0.15) is 0 Å². The molecule has 0 saturated heterocycles. The minimum absolute atomic E-state index is 0.0444. The second-order valence-electron chi connectivity index (χ2n) is 9.72. The van der Waals surface area contributed by atoms with Crippen LogP contribution in [-0.4, -0.2) is 23.5 Å². The van der Waals surface area contributed by atoms with Crippen molar-refractivity contribution in [3.8, 4) is 5.75 Å². The summed E-state index contributed by atoms with van der Waals surface area (Å²) in [6.07, 6.45) is 8.39. The minimum atomic E-state index is -0.774. The maximum absolute atomic E-state index is 14.5. The number of rotatable bonds is 5. The van der Waals surface area contributed by atoms with Crippen LogP contribution in [0.2, 0.25) is 0 Å². The number of pyridine rings is 1. The zero-order valence-corrected chi connectivity index (χ0v) is 21.4. The molecule has 3 heterocycles. The Kier molecular flexibility index (Phi) is 8.36. The van der Waals surface area contributed by atoms with Gasteiger partial charge in [-0.1, -0.05) is 51.8 Å². The van der Waals surface area contributed by atoms with E-state index in [4.69, 9.17) is 4.74 Å². The number of carbonyl (C=O) groups is 1. The molecule has 34 heavy (non-hydrogen) atoms. The molecule has 0 spiro atoms. The number of thiophene rings is 1. The Balaban J connectivity index is 0.000000226. The fourth-order valence-electron chi connectivity index (χ4n) is 5.13. The second kappa shape index (κ2) is 11.4. The fraction of sp³-hybridized carbons (Fsp3) is 0.517. The molecule has 0 bridgehead atoms. The lowest BCUT2D eigenvalue weighted by atomic mass is 9.82. The zero-order chi connectivity index (χ0) is 24.1. The molecule has 1 aromatic carbocycles. The highest BCUT2D eigenvalue weighted by Gasteiger charge is 2.30. The van der Waals surface area contributed by atoms with Crippen LogP contribution in [0.3, 0.4) is 0 Å².